The van der Waals surface area contributed by atoms with E-state index in [1.807, 2.05) is 0 Å². The van der Waals surface area contributed by atoms with Crippen LogP contribution in [-0.2, 0) is 10.3 Å². The predicted molar refractivity (Wildman–Crippen MR) is 74.4 cm³/mol. The van der Waals surface area contributed by atoms with Crippen molar-refractivity contribution >= 4 is 34.9 Å². The molecular formula is C12H12Cl2N4O. The molecule has 0 aliphatic heterocycles. The largest absolute Gasteiger partial charge is 0.307 e. The molecule has 0 aromatic carbocycles. The Balaban J connectivity index is 2.21. The molecule has 0 aliphatic rings. The van der Waals surface area contributed by atoms with E-state index in [-0.39, 0.29) is 16.7 Å². The second-order valence-electron chi connectivity index (χ2n) is 4.45. The Kier molecular flexibility index (Phi) is 3.78. The molecule has 0 radical (unpaired) electrons. The first-order valence-electron chi connectivity index (χ1n) is 5.54. The van der Waals surface area contributed by atoms with Crippen LogP contribution in [0.15, 0.2) is 30.7 Å². The molecule has 2 aromatic rings. The number of carbonyl (C=O) groups is 1. The molecule has 2 rings (SSSR count). The molecule has 0 saturated heterocycles. The first kappa shape index (κ1) is 13.8. The second-order valence-corrected chi connectivity index (χ2v) is 5.29. The van der Waals surface area contributed by atoms with Crippen molar-refractivity contribution in [3.8, 4) is 0 Å². The molecule has 2 aromatic heterocycles. The highest BCUT2D eigenvalue weighted by molar-refractivity contribution is 6.36. The topological polar surface area (TPSA) is 59.8 Å². The van der Waals surface area contributed by atoms with E-state index in [9.17, 15) is 4.79 Å². The van der Waals surface area contributed by atoms with Crippen LogP contribution in [0.2, 0.25) is 10.0 Å². The van der Waals surface area contributed by atoms with Crippen LogP contribution >= 0.6 is 23.2 Å². The second kappa shape index (κ2) is 5.19. The number of amides is 1. The highest BCUT2D eigenvalue weighted by atomic mass is 35.5. The third kappa shape index (κ3) is 2.88. The van der Waals surface area contributed by atoms with Crippen LogP contribution in [0.3, 0.4) is 0 Å². The fourth-order valence-corrected chi connectivity index (χ4v) is 1.90. The van der Waals surface area contributed by atoms with Gasteiger partial charge in [0, 0.05) is 18.6 Å². The molecular weight excluding hydrogens is 287 g/mol. The number of hydrogen-bond donors (Lipinski definition) is 1. The van der Waals surface area contributed by atoms with Gasteiger partial charge >= 0.3 is 0 Å². The van der Waals surface area contributed by atoms with Crippen LogP contribution in [0, 0.1) is 0 Å². The van der Waals surface area contributed by atoms with Crippen molar-refractivity contribution in [3.05, 3.63) is 40.8 Å². The van der Waals surface area contributed by atoms with E-state index in [1.54, 1.807) is 37.0 Å². The summed E-state index contributed by atoms with van der Waals surface area (Å²) >= 11 is 11.7. The van der Waals surface area contributed by atoms with Crippen LogP contribution in [0.25, 0.3) is 0 Å². The normalized spacial score (nSPS) is 11.4. The molecule has 0 saturated carbocycles. The molecule has 100 valence electrons. The van der Waals surface area contributed by atoms with Gasteiger partial charge in [-0.15, -0.1) is 0 Å². The predicted octanol–water partition coefficient (Wildman–Crippen LogP) is 2.96. The maximum Gasteiger partial charge on any atom is 0.252 e. The van der Waals surface area contributed by atoms with Gasteiger partial charge in [-0.25, -0.2) is 4.98 Å². The average molecular weight is 299 g/mol. The zero-order valence-electron chi connectivity index (χ0n) is 10.4. The number of hydrogen-bond acceptors (Lipinski definition) is 3. The first-order valence-corrected chi connectivity index (χ1v) is 6.29. The summed E-state index contributed by atoms with van der Waals surface area (Å²) in [5.74, 6) is 0.00391. The van der Waals surface area contributed by atoms with Crippen LogP contribution in [0.1, 0.15) is 13.8 Å². The van der Waals surface area contributed by atoms with Gasteiger partial charge in [0.15, 0.2) is 5.82 Å². The van der Waals surface area contributed by atoms with E-state index in [0.29, 0.717) is 5.02 Å². The summed E-state index contributed by atoms with van der Waals surface area (Å²) < 4.78 is 1.56. The van der Waals surface area contributed by atoms with E-state index >= 15 is 0 Å². The van der Waals surface area contributed by atoms with Crippen molar-refractivity contribution in [1.82, 2.24) is 14.8 Å². The van der Waals surface area contributed by atoms with Gasteiger partial charge < -0.3 is 5.32 Å². The molecule has 0 bridgehead atoms. The van der Waals surface area contributed by atoms with Gasteiger partial charge in [-0.3, -0.25) is 9.48 Å². The number of nitrogens with zero attached hydrogens (tertiary/aromatic N) is 3. The first-order chi connectivity index (χ1) is 8.91. The number of anilines is 1. The molecule has 0 unspecified atom stereocenters. The van der Waals surface area contributed by atoms with Crippen LogP contribution in [0.4, 0.5) is 5.82 Å². The Morgan fingerprint density at radius 2 is 2.16 bits per heavy atom. The van der Waals surface area contributed by atoms with Gasteiger partial charge in [-0.1, -0.05) is 23.2 Å². The van der Waals surface area contributed by atoms with Gasteiger partial charge in [0.1, 0.15) is 5.54 Å². The molecule has 0 spiro atoms. The van der Waals surface area contributed by atoms with Crippen molar-refractivity contribution < 1.29 is 4.79 Å². The third-order valence-corrected chi connectivity index (χ3v) is 3.17. The summed E-state index contributed by atoms with van der Waals surface area (Å²) in [4.78, 5) is 16.3. The zero-order chi connectivity index (χ0) is 14.0. The van der Waals surface area contributed by atoms with Crippen LogP contribution in [0.5, 0.6) is 0 Å². The van der Waals surface area contributed by atoms with Crippen molar-refractivity contribution in [2.45, 2.75) is 19.4 Å². The monoisotopic (exact) mass is 298 g/mol. The lowest BCUT2D eigenvalue weighted by Gasteiger charge is -2.24. The quantitative estimate of drug-likeness (QED) is 0.948. The minimum atomic E-state index is -0.853. The number of pyridine rings is 1. The van der Waals surface area contributed by atoms with Crippen LogP contribution in [-0.4, -0.2) is 20.7 Å². The van der Waals surface area contributed by atoms with E-state index in [0.717, 1.165) is 0 Å². The van der Waals surface area contributed by atoms with Crippen molar-refractivity contribution in [2.24, 2.45) is 0 Å². The number of halogens is 2. The van der Waals surface area contributed by atoms with E-state index < -0.39 is 5.54 Å². The minimum absolute atomic E-state index is 0.270. The molecule has 1 N–H and O–H groups in total. The lowest BCUT2D eigenvalue weighted by Crippen LogP contribution is -2.40. The SMILES string of the molecule is CC(C)(C(=O)Nc1ncc(Cl)cc1Cl)n1cccn1. The molecule has 0 aliphatic carbocycles. The molecule has 5 nitrogen and oxygen atoms in total. The number of aromatic nitrogens is 3. The van der Waals surface area contributed by atoms with E-state index in [1.165, 1.54) is 12.3 Å². The average Bonchev–Trinajstić information content (AvgIpc) is 2.86. The van der Waals surface area contributed by atoms with Crippen LogP contribution < -0.4 is 5.32 Å². The number of carbonyl (C=O) groups excluding carboxylic acids is 1. The maximum atomic E-state index is 12.3. The standard InChI is InChI=1S/C12H12Cl2N4O/c1-12(2,18-5-3-4-16-18)11(19)17-10-9(14)6-8(13)7-15-10/h3-7H,1-2H3,(H,15,17,19). The highest BCUT2D eigenvalue weighted by Gasteiger charge is 2.30. The highest BCUT2D eigenvalue weighted by Crippen LogP contribution is 2.24. The smallest absolute Gasteiger partial charge is 0.252 e. The van der Waals surface area contributed by atoms with Gasteiger partial charge in [0.25, 0.3) is 5.91 Å². The summed E-state index contributed by atoms with van der Waals surface area (Å²) in [6.07, 6.45) is 4.75. The molecule has 1 amide bonds. The molecule has 0 fully saturated rings. The number of rotatable bonds is 3. The van der Waals surface area contributed by atoms with Crippen molar-refractivity contribution in [1.29, 1.82) is 0 Å². The third-order valence-electron chi connectivity index (χ3n) is 2.67. The zero-order valence-corrected chi connectivity index (χ0v) is 11.9. The summed E-state index contributed by atoms with van der Waals surface area (Å²) in [5, 5.41) is 7.43. The number of nitrogens with one attached hydrogen (secondary N) is 1. The fraction of sp³-hybridized carbons (Fsp3) is 0.250. The van der Waals surface area contributed by atoms with Gasteiger partial charge in [-0.2, -0.15) is 5.10 Å². The summed E-state index contributed by atoms with van der Waals surface area (Å²) in [7, 11) is 0. The Morgan fingerprint density at radius 1 is 1.42 bits per heavy atom. The Morgan fingerprint density at radius 3 is 2.74 bits per heavy atom. The molecule has 2 heterocycles. The fourth-order valence-electron chi connectivity index (χ4n) is 1.47. The van der Waals surface area contributed by atoms with Gasteiger partial charge in [-0.05, 0) is 26.0 Å². The Bertz CT molecular complexity index is 596. The summed E-state index contributed by atoms with van der Waals surface area (Å²) in [6.45, 7) is 3.50. The van der Waals surface area contributed by atoms with Gasteiger partial charge in [0.2, 0.25) is 0 Å². The summed E-state index contributed by atoms with van der Waals surface area (Å²) in [6, 6.07) is 3.27. The molecule has 7 heteroatoms. The minimum Gasteiger partial charge on any atom is -0.307 e. The van der Waals surface area contributed by atoms with E-state index in [4.69, 9.17) is 23.2 Å². The Labute approximate surface area is 120 Å². The molecule has 0 atom stereocenters. The Hall–Kier alpha value is -1.59. The lowest BCUT2D eigenvalue weighted by molar-refractivity contribution is -0.123. The van der Waals surface area contributed by atoms with Crippen molar-refractivity contribution in [3.63, 3.8) is 0 Å². The van der Waals surface area contributed by atoms with Crippen molar-refractivity contribution in [2.75, 3.05) is 5.32 Å². The van der Waals surface area contributed by atoms with E-state index in [2.05, 4.69) is 15.4 Å². The summed E-state index contributed by atoms with van der Waals surface area (Å²) in [5.41, 5.74) is -0.853. The van der Waals surface area contributed by atoms with Gasteiger partial charge in [0.05, 0.1) is 10.0 Å². The lowest BCUT2D eigenvalue weighted by atomic mass is 10.1. The maximum absolute atomic E-state index is 12.3. The molecule has 19 heavy (non-hydrogen) atoms.